The highest BCUT2D eigenvalue weighted by Gasteiger charge is 2.27. The van der Waals surface area contributed by atoms with Gasteiger partial charge in [0.2, 0.25) is 5.91 Å². The van der Waals surface area contributed by atoms with Crippen LogP contribution in [0.3, 0.4) is 0 Å². The highest BCUT2D eigenvalue weighted by atomic mass is 16.2. The lowest BCUT2D eigenvalue weighted by atomic mass is 10.0. The molecule has 1 saturated heterocycles. The largest absolute Gasteiger partial charge is 0.343 e. The predicted octanol–water partition coefficient (Wildman–Crippen LogP) is 1.65. The lowest BCUT2D eigenvalue weighted by Crippen LogP contribution is -2.46. The fraction of sp³-hybridized carbons (Fsp3) is 0.438. The van der Waals surface area contributed by atoms with Crippen LogP contribution in [-0.2, 0) is 4.79 Å². The molecule has 2 heterocycles. The third-order valence-electron chi connectivity index (χ3n) is 4.50. The number of carbonyl (C=O) groups excluding carboxylic acids is 2. The second-order valence-electron chi connectivity index (χ2n) is 5.79. The van der Waals surface area contributed by atoms with Crippen LogP contribution >= 0.6 is 0 Å². The summed E-state index contributed by atoms with van der Waals surface area (Å²) < 4.78 is 0. The number of carbonyl (C=O) groups is 2. The van der Waals surface area contributed by atoms with E-state index >= 15 is 0 Å². The van der Waals surface area contributed by atoms with E-state index in [0.717, 1.165) is 23.7 Å². The van der Waals surface area contributed by atoms with Crippen molar-refractivity contribution in [3.63, 3.8) is 0 Å². The number of benzene rings is 1. The number of nitrogens with zero attached hydrogens (tertiary/aromatic N) is 3. The van der Waals surface area contributed by atoms with Gasteiger partial charge < -0.3 is 9.80 Å². The van der Waals surface area contributed by atoms with Gasteiger partial charge in [-0.3, -0.25) is 14.7 Å². The second-order valence-corrected chi connectivity index (χ2v) is 5.79. The minimum atomic E-state index is 0.0266. The van der Waals surface area contributed by atoms with Crippen LogP contribution in [0.15, 0.2) is 24.4 Å². The summed E-state index contributed by atoms with van der Waals surface area (Å²) in [5.74, 6) is 0.103. The number of hydrogen-bond acceptors (Lipinski definition) is 3. The average molecular weight is 300 g/mol. The lowest BCUT2D eigenvalue weighted by Gasteiger charge is -2.36. The van der Waals surface area contributed by atoms with Gasteiger partial charge in [0.05, 0.1) is 17.3 Å². The van der Waals surface area contributed by atoms with E-state index in [0.29, 0.717) is 18.7 Å². The molecule has 1 aromatic carbocycles. The Balaban J connectivity index is 1.72. The molecule has 22 heavy (non-hydrogen) atoms. The summed E-state index contributed by atoms with van der Waals surface area (Å²) in [6.07, 6.45) is 3.36. The van der Waals surface area contributed by atoms with Gasteiger partial charge >= 0.3 is 0 Å². The smallest absolute Gasteiger partial charge is 0.256 e. The van der Waals surface area contributed by atoms with Crippen molar-refractivity contribution in [1.29, 1.82) is 0 Å². The van der Waals surface area contributed by atoms with Crippen molar-refractivity contribution < 1.29 is 9.59 Å². The SMILES string of the molecule is CC(=O)N(C)C1CCN(C(=O)c2cccc3cn[nH]c23)CC1. The molecule has 1 aromatic heterocycles. The number of H-pyrrole nitrogens is 1. The zero-order valence-corrected chi connectivity index (χ0v) is 12.9. The van der Waals surface area contributed by atoms with Crippen molar-refractivity contribution in [3.8, 4) is 0 Å². The normalized spacial score (nSPS) is 16.0. The third-order valence-corrected chi connectivity index (χ3v) is 4.50. The van der Waals surface area contributed by atoms with E-state index in [9.17, 15) is 9.59 Å². The van der Waals surface area contributed by atoms with Gasteiger partial charge in [0.25, 0.3) is 5.91 Å². The zero-order chi connectivity index (χ0) is 15.7. The number of hydrogen-bond donors (Lipinski definition) is 1. The molecule has 1 aliphatic heterocycles. The van der Waals surface area contributed by atoms with E-state index in [1.54, 1.807) is 18.0 Å². The highest BCUT2D eigenvalue weighted by Crippen LogP contribution is 2.21. The fourth-order valence-electron chi connectivity index (χ4n) is 3.03. The molecule has 6 nitrogen and oxygen atoms in total. The third kappa shape index (κ3) is 2.56. The number of nitrogens with one attached hydrogen (secondary N) is 1. The molecule has 0 bridgehead atoms. The van der Waals surface area contributed by atoms with E-state index in [-0.39, 0.29) is 17.9 Å². The number of amides is 2. The molecule has 0 atom stereocenters. The fourth-order valence-corrected chi connectivity index (χ4v) is 3.03. The first-order valence-electron chi connectivity index (χ1n) is 7.52. The average Bonchev–Trinajstić information content (AvgIpc) is 3.02. The molecule has 1 fully saturated rings. The molecule has 3 rings (SSSR count). The Kier molecular flexibility index (Phi) is 3.83. The molecule has 1 N–H and O–H groups in total. The first kappa shape index (κ1) is 14.6. The number of aromatic nitrogens is 2. The van der Waals surface area contributed by atoms with E-state index in [2.05, 4.69) is 10.2 Å². The quantitative estimate of drug-likeness (QED) is 0.917. The molecule has 0 spiro atoms. The number of aromatic amines is 1. The molecule has 2 aromatic rings. The monoisotopic (exact) mass is 300 g/mol. The number of para-hydroxylation sites is 1. The van der Waals surface area contributed by atoms with Crippen molar-refractivity contribution in [2.75, 3.05) is 20.1 Å². The van der Waals surface area contributed by atoms with Gasteiger partial charge in [-0.25, -0.2) is 0 Å². The molecule has 0 aliphatic carbocycles. The van der Waals surface area contributed by atoms with Crippen LogP contribution < -0.4 is 0 Å². The first-order chi connectivity index (χ1) is 10.6. The van der Waals surface area contributed by atoms with Gasteiger partial charge in [0.1, 0.15) is 0 Å². The van der Waals surface area contributed by atoms with Crippen molar-refractivity contribution >= 4 is 22.7 Å². The zero-order valence-electron chi connectivity index (χ0n) is 12.9. The van der Waals surface area contributed by atoms with Gasteiger partial charge in [-0.1, -0.05) is 12.1 Å². The van der Waals surface area contributed by atoms with Gasteiger partial charge in [0.15, 0.2) is 0 Å². The summed E-state index contributed by atoms with van der Waals surface area (Å²) >= 11 is 0. The number of piperidine rings is 1. The van der Waals surface area contributed by atoms with Crippen LogP contribution in [0.1, 0.15) is 30.1 Å². The Morgan fingerprint density at radius 3 is 2.73 bits per heavy atom. The van der Waals surface area contributed by atoms with Crippen LogP contribution in [0.5, 0.6) is 0 Å². The minimum absolute atomic E-state index is 0.0266. The van der Waals surface area contributed by atoms with Crippen molar-refractivity contribution in [2.45, 2.75) is 25.8 Å². The van der Waals surface area contributed by atoms with Crippen LogP contribution in [0, 0.1) is 0 Å². The molecule has 0 saturated carbocycles. The summed E-state index contributed by atoms with van der Waals surface area (Å²) in [5.41, 5.74) is 1.45. The van der Waals surface area contributed by atoms with E-state index < -0.39 is 0 Å². The van der Waals surface area contributed by atoms with Gasteiger partial charge in [-0.15, -0.1) is 0 Å². The van der Waals surface area contributed by atoms with Crippen LogP contribution in [-0.4, -0.2) is 58.0 Å². The van der Waals surface area contributed by atoms with Crippen LogP contribution in [0.4, 0.5) is 0 Å². The van der Waals surface area contributed by atoms with E-state index in [1.807, 2.05) is 30.1 Å². The standard InChI is InChI=1S/C16H20N4O2/c1-11(21)19(2)13-6-8-20(9-7-13)16(22)14-5-3-4-12-10-17-18-15(12)14/h3-5,10,13H,6-9H2,1-2H3,(H,17,18). The van der Waals surface area contributed by atoms with Gasteiger partial charge in [-0.05, 0) is 18.9 Å². The topological polar surface area (TPSA) is 69.3 Å². The number of likely N-dealkylation sites (tertiary alicyclic amines) is 1. The Hall–Kier alpha value is -2.37. The molecule has 2 amide bonds. The second kappa shape index (κ2) is 5.79. The highest BCUT2D eigenvalue weighted by molar-refractivity contribution is 6.05. The Labute approximate surface area is 129 Å². The lowest BCUT2D eigenvalue weighted by molar-refractivity contribution is -0.130. The Bertz CT molecular complexity index is 701. The maximum absolute atomic E-state index is 12.7. The molecule has 0 unspecified atom stereocenters. The summed E-state index contributed by atoms with van der Waals surface area (Å²) in [6.45, 7) is 2.92. The molecule has 1 aliphatic rings. The van der Waals surface area contributed by atoms with E-state index in [1.165, 1.54) is 0 Å². The van der Waals surface area contributed by atoms with Crippen molar-refractivity contribution in [2.24, 2.45) is 0 Å². The summed E-state index contributed by atoms with van der Waals surface area (Å²) in [7, 11) is 1.83. The molecule has 116 valence electrons. The summed E-state index contributed by atoms with van der Waals surface area (Å²) in [6, 6.07) is 5.87. The predicted molar refractivity (Wildman–Crippen MR) is 83.5 cm³/mol. The molecule has 0 radical (unpaired) electrons. The molecular weight excluding hydrogens is 280 g/mol. The maximum Gasteiger partial charge on any atom is 0.256 e. The Morgan fingerprint density at radius 1 is 1.32 bits per heavy atom. The van der Waals surface area contributed by atoms with Gasteiger partial charge in [-0.2, -0.15) is 5.10 Å². The Morgan fingerprint density at radius 2 is 2.05 bits per heavy atom. The van der Waals surface area contributed by atoms with Crippen LogP contribution in [0.25, 0.3) is 10.9 Å². The van der Waals surface area contributed by atoms with Crippen molar-refractivity contribution in [3.05, 3.63) is 30.0 Å². The molecular formula is C16H20N4O2. The van der Waals surface area contributed by atoms with Gasteiger partial charge in [0, 0.05) is 38.5 Å². The first-order valence-corrected chi connectivity index (χ1v) is 7.52. The number of rotatable bonds is 2. The summed E-state index contributed by atoms with van der Waals surface area (Å²) in [4.78, 5) is 27.8. The molecule has 6 heteroatoms. The summed E-state index contributed by atoms with van der Waals surface area (Å²) in [5, 5.41) is 7.85. The van der Waals surface area contributed by atoms with Crippen molar-refractivity contribution in [1.82, 2.24) is 20.0 Å². The minimum Gasteiger partial charge on any atom is -0.343 e. The maximum atomic E-state index is 12.7. The van der Waals surface area contributed by atoms with Crippen LogP contribution in [0.2, 0.25) is 0 Å². The number of fused-ring (bicyclic) bond motifs is 1. The van der Waals surface area contributed by atoms with E-state index in [4.69, 9.17) is 0 Å².